The van der Waals surface area contributed by atoms with E-state index >= 15 is 0 Å². The summed E-state index contributed by atoms with van der Waals surface area (Å²) < 4.78 is 17.3. The minimum absolute atomic E-state index is 0.466. The van der Waals surface area contributed by atoms with E-state index in [4.69, 9.17) is 14.2 Å². The van der Waals surface area contributed by atoms with Crippen LogP contribution in [0.2, 0.25) is 0 Å². The van der Waals surface area contributed by atoms with Crippen LogP contribution < -0.4 is 14.4 Å². The number of rotatable bonds is 7. The molecule has 1 unspecified atom stereocenters. The Morgan fingerprint density at radius 3 is 2.75 bits per heavy atom. The van der Waals surface area contributed by atoms with Gasteiger partial charge in [-0.05, 0) is 51.2 Å². The average molecular weight is 387 g/mol. The number of benzene rings is 1. The molecule has 1 saturated heterocycles. The van der Waals surface area contributed by atoms with Gasteiger partial charge in [0, 0.05) is 43.0 Å². The minimum Gasteiger partial charge on any atom is -0.493 e. The van der Waals surface area contributed by atoms with Gasteiger partial charge < -0.3 is 19.1 Å². The van der Waals surface area contributed by atoms with Crippen molar-refractivity contribution in [2.75, 3.05) is 51.5 Å². The number of methoxy groups -OCH3 is 1. The second kappa shape index (κ2) is 8.75. The van der Waals surface area contributed by atoms with Gasteiger partial charge in [0.05, 0.1) is 33.0 Å². The largest absolute Gasteiger partial charge is 0.493 e. The van der Waals surface area contributed by atoms with Crippen LogP contribution >= 0.6 is 0 Å². The molecule has 1 atom stereocenters. The summed E-state index contributed by atoms with van der Waals surface area (Å²) in [6, 6.07) is 5.38. The topological polar surface area (TPSA) is 34.2 Å². The Kier molecular flexibility index (Phi) is 6.12. The predicted octanol–water partition coefficient (Wildman–Crippen LogP) is 3.96. The van der Waals surface area contributed by atoms with Crippen LogP contribution in [0.5, 0.6) is 11.5 Å². The molecule has 0 bridgehead atoms. The molecule has 154 valence electrons. The van der Waals surface area contributed by atoms with E-state index in [-0.39, 0.29) is 0 Å². The molecule has 0 aromatic heterocycles. The second-order valence-corrected chi connectivity index (χ2v) is 8.35. The Labute approximate surface area is 169 Å². The second-order valence-electron chi connectivity index (χ2n) is 8.35. The zero-order valence-electron chi connectivity index (χ0n) is 17.6. The summed E-state index contributed by atoms with van der Waals surface area (Å²) >= 11 is 0. The number of fused-ring (bicyclic) bond motifs is 2. The summed E-state index contributed by atoms with van der Waals surface area (Å²) in [5, 5.41) is 0. The highest BCUT2D eigenvalue weighted by molar-refractivity contribution is 5.78. The van der Waals surface area contributed by atoms with Gasteiger partial charge in [0.15, 0.2) is 11.5 Å². The third kappa shape index (κ3) is 4.01. The number of hydrogen-bond acceptors (Lipinski definition) is 5. The Balaban J connectivity index is 1.48. The molecular weight excluding hydrogens is 352 g/mol. The molecule has 0 spiro atoms. The maximum Gasteiger partial charge on any atom is 0.163 e. The zero-order valence-corrected chi connectivity index (χ0v) is 17.6. The lowest BCUT2D eigenvalue weighted by molar-refractivity contribution is 0.0357. The maximum absolute atomic E-state index is 6.19. The molecule has 0 radical (unpaired) electrons. The standard InChI is InChI=1S/C23H34N2O3/c1-17(2)25-20-7-4-6-18(20)14-19-15-22(26-3)23(16-21(19)25)28-11-5-8-24-9-12-27-13-10-24/h14-17,20H,4-13H2,1-3H3. The fourth-order valence-corrected chi connectivity index (χ4v) is 4.81. The molecule has 2 heterocycles. The van der Waals surface area contributed by atoms with Crippen LogP contribution in [-0.2, 0) is 4.74 Å². The molecule has 1 aliphatic carbocycles. The summed E-state index contributed by atoms with van der Waals surface area (Å²) in [7, 11) is 1.73. The van der Waals surface area contributed by atoms with Crippen molar-refractivity contribution in [2.24, 2.45) is 0 Å². The van der Waals surface area contributed by atoms with E-state index in [1.165, 1.54) is 30.5 Å². The van der Waals surface area contributed by atoms with Crippen molar-refractivity contribution in [2.45, 2.75) is 51.6 Å². The SMILES string of the molecule is COc1cc2c(cc1OCCCN1CCOCC1)N(C(C)C)C1CCCC1=C2. The molecule has 28 heavy (non-hydrogen) atoms. The lowest BCUT2D eigenvalue weighted by Gasteiger charge is -2.40. The summed E-state index contributed by atoms with van der Waals surface area (Å²) in [6.45, 7) is 10.1. The summed E-state index contributed by atoms with van der Waals surface area (Å²) in [4.78, 5) is 5.03. The highest BCUT2D eigenvalue weighted by atomic mass is 16.5. The van der Waals surface area contributed by atoms with Gasteiger partial charge in [-0.3, -0.25) is 4.90 Å². The molecule has 1 aromatic carbocycles. The lowest BCUT2D eigenvalue weighted by atomic mass is 9.95. The third-order valence-electron chi connectivity index (χ3n) is 6.18. The molecule has 0 amide bonds. The van der Waals surface area contributed by atoms with Crippen molar-refractivity contribution >= 4 is 11.8 Å². The van der Waals surface area contributed by atoms with E-state index in [1.54, 1.807) is 12.7 Å². The Morgan fingerprint density at radius 2 is 2.00 bits per heavy atom. The molecule has 1 saturated carbocycles. The number of nitrogens with zero attached hydrogens (tertiary/aromatic N) is 2. The first-order valence-corrected chi connectivity index (χ1v) is 10.8. The van der Waals surface area contributed by atoms with Crippen molar-refractivity contribution < 1.29 is 14.2 Å². The molecule has 0 N–H and O–H groups in total. The number of ether oxygens (including phenoxy) is 3. The highest BCUT2D eigenvalue weighted by Gasteiger charge is 2.34. The first-order valence-electron chi connectivity index (χ1n) is 10.8. The summed E-state index contributed by atoms with van der Waals surface area (Å²) in [5.74, 6) is 1.70. The first kappa shape index (κ1) is 19.6. The van der Waals surface area contributed by atoms with Crippen molar-refractivity contribution in [1.82, 2.24) is 4.90 Å². The third-order valence-corrected chi connectivity index (χ3v) is 6.18. The maximum atomic E-state index is 6.19. The van der Waals surface area contributed by atoms with Crippen LogP contribution in [0.4, 0.5) is 5.69 Å². The van der Waals surface area contributed by atoms with Gasteiger partial charge in [0.1, 0.15) is 0 Å². The fraction of sp³-hybridized carbons (Fsp3) is 0.652. The minimum atomic E-state index is 0.466. The predicted molar refractivity (Wildman–Crippen MR) is 114 cm³/mol. The van der Waals surface area contributed by atoms with Gasteiger partial charge in [0.2, 0.25) is 0 Å². The smallest absolute Gasteiger partial charge is 0.163 e. The van der Waals surface area contributed by atoms with E-state index in [0.29, 0.717) is 18.7 Å². The van der Waals surface area contributed by atoms with Crippen LogP contribution in [0.25, 0.3) is 6.08 Å². The van der Waals surface area contributed by atoms with Crippen molar-refractivity contribution in [1.29, 1.82) is 0 Å². The Morgan fingerprint density at radius 1 is 1.18 bits per heavy atom. The molecule has 2 fully saturated rings. The molecule has 5 nitrogen and oxygen atoms in total. The molecule has 5 heteroatoms. The fourth-order valence-electron chi connectivity index (χ4n) is 4.81. The normalized spacial score (nSPS) is 22.1. The quantitative estimate of drug-likeness (QED) is 0.663. The molecular formula is C23H34N2O3. The van der Waals surface area contributed by atoms with Gasteiger partial charge in [-0.2, -0.15) is 0 Å². The molecule has 3 aliphatic rings. The van der Waals surface area contributed by atoms with Crippen molar-refractivity contribution in [3.63, 3.8) is 0 Å². The first-order chi connectivity index (χ1) is 13.7. The zero-order chi connectivity index (χ0) is 19.5. The van der Waals surface area contributed by atoms with Crippen molar-refractivity contribution in [3.05, 3.63) is 23.3 Å². The van der Waals surface area contributed by atoms with Crippen LogP contribution in [0.1, 0.15) is 45.1 Å². The van der Waals surface area contributed by atoms with E-state index in [9.17, 15) is 0 Å². The lowest BCUT2D eigenvalue weighted by Crippen LogP contribution is -2.42. The van der Waals surface area contributed by atoms with Crippen molar-refractivity contribution in [3.8, 4) is 11.5 Å². The summed E-state index contributed by atoms with van der Waals surface area (Å²) in [5.41, 5.74) is 4.12. The molecule has 2 aliphatic heterocycles. The molecule has 4 rings (SSSR count). The number of morpholine rings is 1. The number of anilines is 1. The van der Waals surface area contributed by atoms with Crippen LogP contribution in [0.3, 0.4) is 0 Å². The average Bonchev–Trinajstić information content (AvgIpc) is 3.17. The van der Waals surface area contributed by atoms with Gasteiger partial charge in [0.25, 0.3) is 0 Å². The Hall–Kier alpha value is -1.72. The van der Waals surface area contributed by atoms with E-state index in [1.807, 2.05) is 0 Å². The van der Waals surface area contributed by atoms with E-state index < -0.39 is 0 Å². The van der Waals surface area contributed by atoms with Crippen LogP contribution in [0, 0.1) is 0 Å². The van der Waals surface area contributed by atoms with Gasteiger partial charge in [-0.25, -0.2) is 0 Å². The van der Waals surface area contributed by atoms with Gasteiger partial charge >= 0.3 is 0 Å². The monoisotopic (exact) mass is 386 g/mol. The Bertz CT molecular complexity index is 710. The van der Waals surface area contributed by atoms with Gasteiger partial charge in [-0.1, -0.05) is 6.08 Å². The van der Waals surface area contributed by atoms with Crippen LogP contribution in [0.15, 0.2) is 17.7 Å². The highest BCUT2D eigenvalue weighted by Crippen LogP contribution is 2.45. The number of hydrogen-bond donors (Lipinski definition) is 0. The van der Waals surface area contributed by atoms with Crippen LogP contribution in [-0.4, -0.2) is 63.5 Å². The van der Waals surface area contributed by atoms with E-state index in [0.717, 1.165) is 50.8 Å². The van der Waals surface area contributed by atoms with E-state index in [2.05, 4.69) is 41.9 Å². The molecule has 1 aromatic rings. The summed E-state index contributed by atoms with van der Waals surface area (Å²) in [6.07, 6.45) is 7.16. The van der Waals surface area contributed by atoms with Gasteiger partial charge in [-0.15, -0.1) is 0 Å².